The molecule has 5 nitrogen and oxygen atoms in total. The fourth-order valence-electron chi connectivity index (χ4n) is 3.85. The van der Waals surface area contributed by atoms with Gasteiger partial charge in [-0.1, -0.05) is 13.0 Å². The third kappa shape index (κ3) is 4.08. The molecule has 2 fully saturated rings. The number of nitrogens with one attached hydrogen (secondary N) is 1. The third-order valence-electron chi connectivity index (χ3n) is 5.25. The molecular formula is C19H29N3O2. The van der Waals surface area contributed by atoms with E-state index in [0.717, 1.165) is 44.6 Å². The van der Waals surface area contributed by atoms with Gasteiger partial charge in [-0.2, -0.15) is 0 Å². The Bertz CT molecular complexity index is 577. The lowest BCUT2D eigenvalue weighted by Gasteiger charge is -2.36. The predicted molar refractivity (Wildman–Crippen MR) is 96.3 cm³/mol. The zero-order chi connectivity index (χ0) is 17.1. The van der Waals surface area contributed by atoms with Crippen LogP contribution >= 0.6 is 0 Å². The molecule has 3 rings (SSSR count). The number of piperidine rings is 2. The van der Waals surface area contributed by atoms with Gasteiger partial charge in [0, 0.05) is 36.9 Å². The molecule has 24 heavy (non-hydrogen) atoms. The maximum Gasteiger partial charge on any atom is 0.254 e. The molecule has 3 unspecified atom stereocenters. The molecule has 1 aromatic rings. The fourth-order valence-corrected chi connectivity index (χ4v) is 3.85. The maximum absolute atomic E-state index is 12.7. The van der Waals surface area contributed by atoms with Gasteiger partial charge < -0.3 is 20.2 Å². The highest BCUT2D eigenvalue weighted by atomic mass is 16.3. The first-order chi connectivity index (χ1) is 11.5. The summed E-state index contributed by atoms with van der Waals surface area (Å²) in [4.78, 5) is 16.8. The first-order valence-corrected chi connectivity index (χ1v) is 9.05. The van der Waals surface area contributed by atoms with Crippen LogP contribution in [0, 0.1) is 5.92 Å². The highest BCUT2D eigenvalue weighted by Crippen LogP contribution is 2.22. The fraction of sp³-hybridized carbons (Fsp3) is 0.632. The van der Waals surface area contributed by atoms with E-state index in [2.05, 4.69) is 24.2 Å². The Morgan fingerprint density at radius 2 is 2.08 bits per heavy atom. The molecule has 0 aromatic heterocycles. The van der Waals surface area contributed by atoms with Gasteiger partial charge in [0.05, 0.1) is 6.10 Å². The van der Waals surface area contributed by atoms with Crippen LogP contribution in [0.5, 0.6) is 0 Å². The number of hydrogen-bond acceptors (Lipinski definition) is 4. The number of rotatable bonds is 3. The Balaban J connectivity index is 1.66. The number of anilines is 1. The van der Waals surface area contributed by atoms with E-state index in [-0.39, 0.29) is 12.0 Å². The number of aliphatic hydroxyl groups excluding tert-OH is 1. The highest BCUT2D eigenvalue weighted by molar-refractivity contribution is 5.95. The van der Waals surface area contributed by atoms with Crippen LogP contribution in [0.15, 0.2) is 24.3 Å². The van der Waals surface area contributed by atoms with Crippen molar-refractivity contribution in [3.8, 4) is 0 Å². The Morgan fingerprint density at radius 3 is 2.83 bits per heavy atom. The number of β-amino-alcohol motifs (C(OH)–C–C–N with tert-alkyl or cyclic N) is 1. The number of hydrogen-bond donors (Lipinski definition) is 2. The molecule has 2 aliphatic rings. The summed E-state index contributed by atoms with van der Waals surface area (Å²) in [5.74, 6) is 0.606. The Morgan fingerprint density at radius 1 is 1.25 bits per heavy atom. The van der Waals surface area contributed by atoms with Crippen molar-refractivity contribution in [3.05, 3.63) is 29.8 Å². The van der Waals surface area contributed by atoms with Gasteiger partial charge in [-0.05, 0) is 57.0 Å². The summed E-state index contributed by atoms with van der Waals surface area (Å²) >= 11 is 0. The van der Waals surface area contributed by atoms with Crippen LogP contribution in [0.3, 0.4) is 0 Å². The molecule has 0 saturated carbocycles. The molecule has 0 spiro atoms. The zero-order valence-corrected chi connectivity index (χ0v) is 14.7. The van der Waals surface area contributed by atoms with Crippen LogP contribution in [-0.4, -0.2) is 66.2 Å². The van der Waals surface area contributed by atoms with Gasteiger partial charge in [0.25, 0.3) is 5.91 Å². The lowest BCUT2D eigenvalue weighted by atomic mass is 9.94. The lowest BCUT2D eigenvalue weighted by molar-refractivity contribution is 0.0474. The number of carbonyl (C=O) groups excluding carboxylic acids is 1. The second-order valence-corrected chi connectivity index (χ2v) is 7.41. The molecule has 2 saturated heterocycles. The Kier molecular flexibility index (Phi) is 5.41. The summed E-state index contributed by atoms with van der Waals surface area (Å²) in [6.07, 6.45) is 2.40. The maximum atomic E-state index is 12.7. The largest absolute Gasteiger partial charge is 0.391 e. The van der Waals surface area contributed by atoms with Crippen LogP contribution < -0.4 is 5.32 Å². The first kappa shape index (κ1) is 17.2. The third-order valence-corrected chi connectivity index (χ3v) is 5.25. The Hall–Kier alpha value is -1.59. The van der Waals surface area contributed by atoms with E-state index in [9.17, 15) is 9.90 Å². The summed E-state index contributed by atoms with van der Waals surface area (Å²) in [7, 11) is 2.17. The van der Waals surface area contributed by atoms with E-state index in [0.29, 0.717) is 24.1 Å². The average Bonchev–Trinajstić information content (AvgIpc) is 2.57. The van der Waals surface area contributed by atoms with Crippen LogP contribution in [0.25, 0.3) is 0 Å². The topological polar surface area (TPSA) is 55.8 Å². The Labute approximate surface area is 144 Å². The van der Waals surface area contributed by atoms with Gasteiger partial charge in [0.2, 0.25) is 0 Å². The molecule has 2 N–H and O–H groups in total. The lowest BCUT2D eigenvalue weighted by Crippen LogP contribution is -2.43. The number of nitrogens with zero attached hydrogens (tertiary/aromatic N) is 2. The number of benzene rings is 1. The first-order valence-electron chi connectivity index (χ1n) is 9.05. The molecule has 2 aliphatic heterocycles. The van der Waals surface area contributed by atoms with Crippen molar-refractivity contribution in [3.63, 3.8) is 0 Å². The SMILES string of the molecule is CC1CN(C)CCC1Nc1cccc(C(=O)N2CCCC(O)C2)c1. The van der Waals surface area contributed by atoms with Gasteiger partial charge in [-0.25, -0.2) is 0 Å². The van der Waals surface area contributed by atoms with E-state index < -0.39 is 0 Å². The van der Waals surface area contributed by atoms with Crippen molar-refractivity contribution in [2.45, 2.75) is 38.3 Å². The van der Waals surface area contributed by atoms with Crippen molar-refractivity contribution in [1.29, 1.82) is 0 Å². The van der Waals surface area contributed by atoms with E-state index in [1.165, 1.54) is 0 Å². The quantitative estimate of drug-likeness (QED) is 0.890. The molecule has 5 heteroatoms. The van der Waals surface area contributed by atoms with Crippen molar-refractivity contribution >= 4 is 11.6 Å². The minimum absolute atomic E-state index is 0.0221. The smallest absolute Gasteiger partial charge is 0.254 e. The van der Waals surface area contributed by atoms with E-state index in [1.807, 2.05) is 24.3 Å². The normalized spacial score (nSPS) is 28.6. The summed E-state index contributed by atoms with van der Waals surface area (Å²) in [6, 6.07) is 8.24. The minimum Gasteiger partial charge on any atom is -0.391 e. The highest BCUT2D eigenvalue weighted by Gasteiger charge is 2.25. The molecule has 3 atom stereocenters. The molecule has 2 heterocycles. The predicted octanol–water partition coefficient (Wildman–Crippen LogP) is 2.04. The number of likely N-dealkylation sites (tertiary alicyclic amines) is 2. The van der Waals surface area contributed by atoms with Crippen molar-refractivity contribution < 1.29 is 9.90 Å². The molecule has 0 radical (unpaired) electrons. The monoisotopic (exact) mass is 331 g/mol. The molecular weight excluding hydrogens is 302 g/mol. The van der Waals surface area contributed by atoms with E-state index >= 15 is 0 Å². The van der Waals surface area contributed by atoms with Gasteiger partial charge in [0.15, 0.2) is 0 Å². The van der Waals surface area contributed by atoms with E-state index in [1.54, 1.807) is 4.90 Å². The van der Waals surface area contributed by atoms with Gasteiger partial charge in [-0.15, -0.1) is 0 Å². The molecule has 0 bridgehead atoms. The van der Waals surface area contributed by atoms with Crippen LogP contribution in [0.1, 0.15) is 36.5 Å². The summed E-state index contributed by atoms with van der Waals surface area (Å²) in [5.41, 5.74) is 1.72. The number of aliphatic hydroxyl groups is 1. The average molecular weight is 331 g/mol. The standard InChI is InChI=1S/C19H29N3O2/c1-14-12-21(2)10-8-18(14)20-16-6-3-5-15(11-16)19(24)22-9-4-7-17(23)13-22/h3,5-6,11,14,17-18,20,23H,4,7-10,12-13H2,1-2H3. The molecule has 1 aromatic carbocycles. The molecule has 0 aliphatic carbocycles. The molecule has 1 amide bonds. The zero-order valence-electron chi connectivity index (χ0n) is 14.7. The van der Waals surface area contributed by atoms with Crippen LogP contribution in [0.4, 0.5) is 5.69 Å². The van der Waals surface area contributed by atoms with Crippen molar-refractivity contribution in [2.24, 2.45) is 5.92 Å². The van der Waals surface area contributed by atoms with E-state index in [4.69, 9.17) is 0 Å². The van der Waals surface area contributed by atoms with Crippen LogP contribution in [-0.2, 0) is 0 Å². The molecule has 132 valence electrons. The van der Waals surface area contributed by atoms with Crippen LogP contribution in [0.2, 0.25) is 0 Å². The van der Waals surface area contributed by atoms with Crippen molar-refractivity contribution in [1.82, 2.24) is 9.80 Å². The van der Waals surface area contributed by atoms with Gasteiger partial charge in [0.1, 0.15) is 0 Å². The summed E-state index contributed by atoms with van der Waals surface area (Å²) in [6.45, 7) is 5.66. The summed E-state index contributed by atoms with van der Waals surface area (Å²) < 4.78 is 0. The van der Waals surface area contributed by atoms with Crippen molar-refractivity contribution in [2.75, 3.05) is 38.5 Å². The minimum atomic E-state index is -0.385. The second kappa shape index (κ2) is 7.53. The number of amides is 1. The number of carbonyl (C=O) groups is 1. The second-order valence-electron chi connectivity index (χ2n) is 7.41. The van der Waals surface area contributed by atoms with Gasteiger partial charge >= 0.3 is 0 Å². The van der Waals surface area contributed by atoms with Gasteiger partial charge in [-0.3, -0.25) is 4.79 Å². The summed E-state index contributed by atoms with van der Waals surface area (Å²) in [5, 5.41) is 13.4.